The van der Waals surface area contributed by atoms with Gasteiger partial charge in [0.25, 0.3) is 0 Å². The molecule has 13 heavy (non-hydrogen) atoms. The minimum Gasteiger partial charge on any atom is -0.390 e. The first-order valence-electron chi connectivity index (χ1n) is 5.41. The van der Waals surface area contributed by atoms with Gasteiger partial charge in [0.05, 0.1) is 18.8 Å². The van der Waals surface area contributed by atoms with Crippen LogP contribution in [0.5, 0.6) is 0 Å². The van der Waals surface area contributed by atoms with Gasteiger partial charge in [-0.3, -0.25) is 0 Å². The second-order valence-corrected chi connectivity index (χ2v) is 4.52. The third-order valence-electron chi connectivity index (χ3n) is 3.02. The van der Waals surface area contributed by atoms with E-state index in [9.17, 15) is 5.11 Å². The summed E-state index contributed by atoms with van der Waals surface area (Å²) >= 11 is 0. The smallest absolute Gasteiger partial charge is 0.0804 e. The van der Waals surface area contributed by atoms with Crippen molar-refractivity contribution in [1.29, 1.82) is 0 Å². The van der Waals surface area contributed by atoms with Crippen molar-refractivity contribution in [2.45, 2.75) is 52.2 Å². The predicted octanol–water partition coefficient (Wildman–Crippen LogP) is 2.21. The topological polar surface area (TPSA) is 29.5 Å². The van der Waals surface area contributed by atoms with E-state index in [1.807, 2.05) is 13.8 Å². The lowest BCUT2D eigenvalue weighted by atomic mass is 9.93. The second-order valence-electron chi connectivity index (χ2n) is 4.52. The Balaban J connectivity index is 2.25. The molecule has 78 valence electrons. The monoisotopic (exact) mass is 186 g/mol. The van der Waals surface area contributed by atoms with E-state index in [4.69, 9.17) is 4.74 Å². The number of hydrogen-bond donors (Lipinski definition) is 1. The molecule has 0 bridgehead atoms. The maximum atomic E-state index is 9.84. The third-order valence-corrected chi connectivity index (χ3v) is 3.02. The van der Waals surface area contributed by atoms with Crippen molar-refractivity contribution in [2.75, 3.05) is 6.61 Å². The van der Waals surface area contributed by atoms with Gasteiger partial charge >= 0.3 is 0 Å². The zero-order valence-electron chi connectivity index (χ0n) is 8.99. The van der Waals surface area contributed by atoms with Crippen LogP contribution in [-0.2, 0) is 4.74 Å². The van der Waals surface area contributed by atoms with Crippen molar-refractivity contribution in [3.63, 3.8) is 0 Å². The van der Waals surface area contributed by atoms with E-state index in [2.05, 4.69) is 6.92 Å². The van der Waals surface area contributed by atoms with Crippen LogP contribution in [0.1, 0.15) is 40.0 Å². The van der Waals surface area contributed by atoms with Gasteiger partial charge < -0.3 is 9.84 Å². The van der Waals surface area contributed by atoms with Crippen LogP contribution in [0.4, 0.5) is 0 Å². The number of rotatable bonds is 4. The van der Waals surface area contributed by atoms with Crippen molar-refractivity contribution >= 4 is 0 Å². The molecule has 0 aromatic carbocycles. The highest BCUT2D eigenvalue weighted by molar-refractivity contribution is 4.79. The van der Waals surface area contributed by atoms with Crippen LogP contribution < -0.4 is 0 Å². The van der Waals surface area contributed by atoms with Crippen LogP contribution in [0.3, 0.4) is 0 Å². The second kappa shape index (κ2) is 4.97. The molecular formula is C11H22O2. The fourth-order valence-electron chi connectivity index (χ4n) is 2.16. The average Bonchev–Trinajstić information content (AvgIpc) is 2.47. The standard InChI is InChI=1S/C11H22O2/c1-8(2)13-7-11(12)10-6-4-5-9(10)3/h8-12H,4-7H2,1-3H3. The summed E-state index contributed by atoms with van der Waals surface area (Å²) < 4.78 is 5.41. The van der Waals surface area contributed by atoms with Crippen LogP contribution >= 0.6 is 0 Å². The SMILES string of the molecule is CC(C)OCC(O)C1CCCC1C. The molecule has 1 rings (SSSR count). The van der Waals surface area contributed by atoms with Gasteiger partial charge in [0.15, 0.2) is 0 Å². The quantitative estimate of drug-likeness (QED) is 0.729. The molecule has 0 aliphatic heterocycles. The summed E-state index contributed by atoms with van der Waals surface area (Å²) in [6, 6.07) is 0. The maximum Gasteiger partial charge on any atom is 0.0804 e. The Kier molecular flexibility index (Phi) is 4.20. The van der Waals surface area contributed by atoms with Gasteiger partial charge in [-0.1, -0.05) is 19.8 Å². The molecular weight excluding hydrogens is 164 g/mol. The number of aliphatic hydroxyl groups excluding tert-OH is 1. The summed E-state index contributed by atoms with van der Waals surface area (Å²) in [5, 5.41) is 9.84. The van der Waals surface area contributed by atoms with E-state index in [1.165, 1.54) is 19.3 Å². The molecule has 0 spiro atoms. The van der Waals surface area contributed by atoms with Crippen LogP contribution in [0.25, 0.3) is 0 Å². The molecule has 0 aromatic rings. The molecule has 1 N–H and O–H groups in total. The van der Waals surface area contributed by atoms with Gasteiger partial charge in [-0.2, -0.15) is 0 Å². The van der Waals surface area contributed by atoms with Gasteiger partial charge in [0.1, 0.15) is 0 Å². The Morgan fingerprint density at radius 1 is 1.38 bits per heavy atom. The molecule has 3 atom stereocenters. The number of ether oxygens (including phenoxy) is 1. The molecule has 2 nitrogen and oxygen atoms in total. The first-order chi connectivity index (χ1) is 6.11. The van der Waals surface area contributed by atoms with E-state index in [0.717, 1.165) is 0 Å². The zero-order chi connectivity index (χ0) is 9.84. The molecule has 1 aliphatic rings. The normalized spacial score (nSPS) is 31.2. The van der Waals surface area contributed by atoms with Crippen LogP contribution in [0.15, 0.2) is 0 Å². The van der Waals surface area contributed by atoms with E-state index < -0.39 is 0 Å². The fraction of sp³-hybridized carbons (Fsp3) is 1.00. The number of hydrogen-bond acceptors (Lipinski definition) is 2. The lowest BCUT2D eigenvalue weighted by Crippen LogP contribution is -2.28. The lowest BCUT2D eigenvalue weighted by Gasteiger charge is -2.22. The Labute approximate surface area is 81.3 Å². The summed E-state index contributed by atoms with van der Waals surface area (Å²) in [4.78, 5) is 0. The molecule has 1 aliphatic carbocycles. The van der Waals surface area contributed by atoms with Crippen LogP contribution in [0, 0.1) is 11.8 Å². The Morgan fingerprint density at radius 3 is 2.54 bits per heavy atom. The Bertz CT molecular complexity index is 145. The minimum atomic E-state index is -0.250. The summed E-state index contributed by atoms with van der Waals surface area (Å²) in [5.41, 5.74) is 0. The molecule has 0 amide bonds. The van der Waals surface area contributed by atoms with E-state index >= 15 is 0 Å². The predicted molar refractivity (Wildman–Crippen MR) is 53.6 cm³/mol. The highest BCUT2D eigenvalue weighted by atomic mass is 16.5. The average molecular weight is 186 g/mol. The van der Waals surface area contributed by atoms with Crippen LogP contribution in [0.2, 0.25) is 0 Å². The fourth-order valence-corrected chi connectivity index (χ4v) is 2.16. The largest absolute Gasteiger partial charge is 0.390 e. The van der Waals surface area contributed by atoms with Gasteiger partial charge in [-0.15, -0.1) is 0 Å². The van der Waals surface area contributed by atoms with Gasteiger partial charge in [0, 0.05) is 0 Å². The van der Waals surface area contributed by atoms with Crippen molar-refractivity contribution < 1.29 is 9.84 Å². The lowest BCUT2D eigenvalue weighted by molar-refractivity contribution is -0.0257. The summed E-state index contributed by atoms with van der Waals surface area (Å²) in [7, 11) is 0. The van der Waals surface area contributed by atoms with Crippen molar-refractivity contribution in [3.05, 3.63) is 0 Å². The van der Waals surface area contributed by atoms with E-state index in [1.54, 1.807) is 0 Å². The van der Waals surface area contributed by atoms with Crippen molar-refractivity contribution in [3.8, 4) is 0 Å². The first-order valence-corrected chi connectivity index (χ1v) is 5.41. The Hall–Kier alpha value is -0.0800. The van der Waals surface area contributed by atoms with Gasteiger partial charge in [-0.05, 0) is 32.1 Å². The van der Waals surface area contributed by atoms with Crippen LogP contribution in [-0.4, -0.2) is 23.9 Å². The Morgan fingerprint density at radius 2 is 2.08 bits per heavy atom. The molecule has 0 aromatic heterocycles. The highest BCUT2D eigenvalue weighted by Crippen LogP contribution is 2.33. The minimum absolute atomic E-state index is 0.228. The molecule has 0 radical (unpaired) electrons. The van der Waals surface area contributed by atoms with Crippen molar-refractivity contribution in [1.82, 2.24) is 0 Å². The summed E-state index contributed by atoms with van der Waals surface area (Å²) in [6.07, 6.45) is 3.68. The summed E-state index contributed by atoms with van der Waals surface area (Å²) in [5.74, 6) is 1.14. The number of aliphatic hydroxyl groups is 1. The van der Waals surface area contributed by atoms with Gasteiger partial charge in [-0.25, -0.2) is 0 Å². The summed E-state index contributed by atoms with van der Waals surface area (Å²) in [6.45, 7) is 6.75. The first kappa shape index (κ1) is 11.0. The van der Waals surface area contributed by atoms with E-state index in [-0.39, 0.29) is 12.2 Å². The van der Waals surface area contributed by atoms with E-state index in [0.29, 0.717) is 18.4 Å². The molecule has 3 unspecified atom stereocenters. The molecule has 1 saturated carbocycles. The molecule has 0 saturated heterocycles. The maximum absolute atomic E-state index is 9.84. The van der Waals surface area contributed by atoms with Crippen molar-refractivity contribution in [2.24, 2.45) is 11.8 Å². The molecule has 0 heterocycles. The molecule has 2 heteroatoms. The highest BCUT2D eigenvalue weighted by Gasteiger charge is 2.29. The molecule has 1 fully saturated rings. The zero-order valence-corrected chi connectivity index (χ0v) is 8.99. The third kappa shape index (κ3) is 3.28. The van der Waals surface area contributed by atoms with Gasteiger partial charge in [0.2, 0.25) is 0 Å².